The van der Waals surface area contributed by atoms with Crippen molar-refractivity contribution in [3.63, 3.8) is 0 Å². The second kappa shape index (κ2) is 4.07. The molecule has 1 aromatic heterocycles. The molecule has 0 aliphatic carbocycles. The molecule has 7 heteroatoms. The molecule has 0 aliphatic rings. The predicted octanol–water partition coefficient (Wildman–Crippen LogP) is 2.05. The second-order valence-electron chi connectivity index (χ2n) is 2.74. The summed E-state index contributed by atoms with van der Waals surface area (Å²) in [5.41, 5.74) is -1.70. The molecule has 0 aromatic carbocycles. The molecule has 80 valence electrons. The van der Waals surface area contributed by atoms with Crippen molar-refractivity contribution in [3.8, 4) is 0 Å². The van der Waals surface area contributed by atoms with E-state index in [1.807, 2.05) is 0 Å². The highest BCUT2D eigenvalue weighted by atomic mass is 19.3. The average Bonchev–Trinajstić information content (AvgIpc) is 2.16. The first kappa shape index (κ1) is 11.2. The largest absolute Gasteiger partial charge is 0.298 e. The Bertz CT molecular complexity index is 421. The van der Waals surface area contributed by atoms with Crippen LogP contribution in [0.4, 0.5) is 14.5 Å². The first-order chi connectivity index (χ1) is 6.97. The van der Waals surface area contributed by atoms with Crippen molar-refractivity contribution < 1.29 is 18.5 Å². The summed E-state index contributed by atoms with van der Waals surface area (Å²) in [6.45, 7) is 1.27. The van der Waals surface area contributed by atoms with Crippen LogP contribution in [0.1, 0.15) is 28.2 Å². The van der Waals surface area contributed by atoms with E-state index in [1.165, 1.54) is 6.92 Å². The number of hydrogen-bond acceptors (Lipinski definition) is 4. The number of aromatic nitrogens is 1. The van der Waals surface area contributed by atoms with Crippen LogP contribution in [0.25, 0.3) is 0 Å². The minimum Gasteiger partial charge on any atom is -0.298 e. The van der Waals surface area contributed by atoms with Gasteiger partial charge in [-0.05, 0) is 6.92 Å². The number of aryl methyl sites for hydroxylation is 1. The van der Waals surface area contributed by atoms with E-state index in [0.29, 0.717) is 6.07 Å². The Morgan fingerprint density at radius 2 is 2.20 bits per heavy atom. The van der Waals surface area contributed by atoms with Crippen molar-refractivity contribution >= 4 is 12.0 Å². The Morgan fingerprint density at radius 3 is 2.60 bits per heavy atom. The normalized spacial score (nSPS) is 10.4. The number of pyridine rings is 1. The molecule has 1 rings (SSSR count). The molecule has 0 amide bonds. The zero-order chi connectivity index (χ0) is 11.6. The number of nitro groups is 1. The van der Waals surface area contributed by atoms with Crippen LogP contribution in [0.15, 0.2) is 6.07 Å². The van der Waals surface area contributed by atoms with Gasteiger partial charge < -0.3 is 0 Å². The fourth-order valence-corrected chi connectivity index (χ4v) is 1.10. The first-order valence-corrected chi connectivity index (χ1v) is 3.86. The fourth-order valence-electron chi connectivity index (χ4n) is 1.10. The molecule has 15 heavy (non-hydrogen) atoms. The number of alkyl halides is 2. The molecule has 0 aliphatic heterocycles. The standard InChI is InChI=1S/C8H6F2N2O3/c1-4-5(3-13)7(12(14)15)2-6(11-4)8(9)10/h2-3,8H,1H3. The molecule has 0 spiro atoms. The topological polar surface area (TPSA) is 73.1 Å². The van der Waals surface area contributed by atoms with E-state index in [-0.39, 0.29) is 17.5 Å². The predicted molar refractivity (Wildman–Crippen MR) is 46.0 cm³/mol. The van der Waals surface area contributed by atoms with E-state index in [4.69, 9.17) is 0 Å². The summed E-state index contributed by atoms with van der Waals surface area (Å²) in [5.74, 6) is 0. The highest BCUT2D eigenvalue weighted by Crippen LogP contribution is 2.25. The maximum absolute atomic E-state index is 12.3. The number of halogens is 2. The fraction of sp³-hybridized carbons (Fsp3) is 0.250. The number of aldehydes is 1. The van der Waals surface area contributed by atoms with Gasteiger partial charge in [-0.2, -0.15) is 0 Å². The average molecular weight is 216 g/mol. The SMILES string of the molecule is Cc1nc(C(F)F)cc([N+](=O)[O-])c1C=O. The van der Waals surface area contributed by atoms with Crippen LogP contribution in [0.3, 0.4) is 0 Å². The lowest BCUT2D eigenvalue weighted by atomic mass is 10.1. The van der Waals surface area contributed by atoms with Crippen molar-refractivity contribution in [2.45, 2.75) is 13.3 Å². The van der Waals surface area contributed by atoms with Crippen molar-refractivity contribution in [1.82, 2.24) is 4.98 Å². The van der Waals surface area contributed by atoms with Gasteiger partial charge in [0.25, 0.3) is 12.1 Å². The Morgan fingerprint density at radius 1 is 1.60 bits per heavy atom. The highest BCUT2D eigenvalue weighted by molar-refractivity contribution is 5.82. The molecule has 1 heterocycles. The molecule has 0 fully saturated rings. The van der Waals surface area contributed by atoms with E-state index < -0.39 is 22.7 Å². The number of carbonyl (C=O) groups is 1. The third-order valence-corrected chi connectivity index (χ3v) is 1.79. The smallest absolute Gasteiger partial charge is 0.283 e. The van der Waals surface area contributed by atoms with E-state index in [2.05, 4.69) is 4.98 Å². The second-order valence-corrected chi connectivity index (χ2v) is 2.74. The van der Waals surface area contributed by atoms with E-state index in [1.54, 1.807) is 0 Å². The zero-order valence-corrected chi connectivity index (χ0v) is 7.61. The van der Waals surface area contributed by atoms with Crippen LogP contribution >= 0.6 is 0 Å². The maximum Gasteiger partial charge on any atom is 0.283 e. The van der Waals surface area contributed by atoms with Crippen LogP contribution in [-0.2, 0) is 0 Å². The van der Waals surface area contributed by atoms with Crippen molar-refractivity contribution in [1.29, 1.82) is 0 Å². The molecule has 0 atom stereocenters. The first-order valence-electron chi connectivity index (χ1n) is 3.86. The zero-order valence-electron chi connectivity index (χ0n) is 7.61. The summed E-state index contributed by atoms with van der Waals surface area (Å²) in [6, 6.07) is 0.612. The molecule has 0 unspecified atom stereocenters. The van der Waals surface area contributed by atoms with Gasteiger partial charge in [0.1, 0.15) is 11.3 Å². The van der Waals surface area contributed by atoms with Crippen LogP contribution in [0.5, 0.6) is 0 Å². The molecule has 0 saturated carbocycles. The van der Waals surface area contributed by atoms with Crippen LogP contribution < -0.4 is 0 Å². The molecule has 0 saturated heterocycles. The lowest BCUT2D eigenvalue weighted by Crippen LogP contribution is -2.03. The van der Waals surface area contributed by atoms with Gasteiger partial charge in [-0.1, -0.05) is 0 Å². The van der Waals surface area contributed by atoms with Gasteiger partial charge in [-0.3, -0.25) is 19.9 Å². The van der Waals surface area contributed by atoms with Gasteiger partial charge in [-0.25, -0.2) is 8.78 Å². The summed E-state index contributed by atoms with van der Waals surface area (Å²) in [7, 11) is 0. The quantitative estimate of drug-likeness (QED) is 0.440. The lowest BCUT2D eigenvalue weighted by Gasteiger charge is -2.03. The summed E-state index contributed by atoms with van der Waals surface area (Å²) in [6.07, 6.45) is -2.67. The van der Waals surface area contributed by atoms with Gasteiger partial charge in [0.05, 0.1) is 10.6 Å². The Hall–Kier alpha value is -1.92. The van der Waals surface area contributed by atoms with Crippen molar-refractivity contribution in [2.24, 2.45) is 0 Å². The number of nitrogens with zero attached hydrogens (tertiary/aromatic N) is 2. The van der Waals surface area contributed by atoms with Gasteiger partial charge in [-0.15, -0.1) is 0 Å². The third-order valence-electron chi connectivity index (χ3n) is 1.79. The summed E-state index contributed by atoms with van der Waals surface area (Å²) < 4.78 is 24.5. The Kier molecular flexibility index (Phi) is 3.03. The summed E-state index contributed by atoms with van der Waals surface area (Å²) >= 11 is 0. The molecular weight excluding hydrogens is 210 g/mol. The van der Waals surface area contributed by atoms with Crippen LogP contribution in [0, 0.1) is 17.0 Å². The third kappa shape index (κ3) is 2.12. The van der Waals surface area contributed by atoms with E-state index >= 15 is 0 Å². The number of hydrogen-bond donors (Lipinski definition) is 0. The lowest BCUT2D eigenvalue weighted by molar-refractivity contribution is -0.385. The monoisotopic (exact) mass is 216 g/mol. The number of rotatable bonds is 3. The molecule has 5 nitrogen and oxygen atoms in total. The minimum atomic E-state index is -2.90. The maximum atomic E-state index is 12.3. The molecule has 1 aromatic rings. The summed E-state index contributed by atoms with van der Waals surface area (Å²) in [5, 5.41) is 10.5. The molecular formula is C8H6F2N2O3. The Labute approximate surface area is 82.9 Å². The van der Waals surface area contributed by atoms with Crippen LogP contribution in [0.2, 0.25) is 0 Å². The van der Waals surface area contributed by atoms with Crippen molar-refractivity contribution in [2.75, 3.05) is 0 Å². The summed E-state index contributed by atoms with van der Waals surface area (Å²) in [4.78, 5) is 23.5. The van der Waals surface area contributed by atoms with Gasteiger partial charge >= 0.3 is 0 Å². The molecule has 0 N–H and O–H groups in total. The van der Waals surface area contributed by atoms with Gasteiger partial charge in [0, 0.05) is 6.07 Å². The minimum absolute atomic E-state index is 0.0745. The number of carbonyl (C=O) groups excluding carboxylic acids is 1. The van der Waals surface area contributed by atoms with Gasteiger partial charge in [0.15, 0.2) is 6.29 Å². The van der Waals surface area contributed by atoms with Gasteiger partial charge in [0.2, 0.25) is 0 Å². The molecule has 0 radical (unpaired) electrons. The Balaban J connectivity index is 3.45. The highest BCUT2D eigenvalue weighted by Gasteiger charge is 2.21. The van der Waals surface area contributed by atoms with Crippen molar-refractivity contribution in [3.05, 3.63) is 33.1 Å². The molecule has 0 bridgehead atoms. The van der Waals surface area contributed by atoms with Crippen LogP contribution in [-0.4, -0.2) is 16.2 Å². The van der Waals surface area contributed by atoms with E-state index in [9.17, 15) is 23.7 Å². The van der Waals surface area contributed by atoms with E-state index in [0.717, 1.165) is 0 Å².